The van der Waals surface area contributed by atoms with Gasteiger partial charge in [-0.05, 0) is 43.5 Å². The van der Waals surface area contributed by atoms with Crippen molar-refractivity contribution in [2.75, 3.05) is 19.7 Å². The molecule has 1 aliphatic rings. The van der Waals surface area contributed by atoms with Crippen LogP contribution in [0.1, 0.15) is 37.7 Å². The van der Waals surface area contributed by atoms with Crippen molar-refractivity contribution in [3.8, 4) is 5.69 Å². The van der Waals surface area contributed by atoms with Gasteiger partial charge in [-0.3, -0.25) is 4.79 Å². The lowest BCUT2D eigenvalue weighted by molar-refractivity contribution is -0.142. The summed E-state index contributed by atoms with van der Waals surface area (Å²) < 4.78 is 7.75. The molecule has 1 unspecified atom stereocenters. The molecule has 2 heterocycles. The quantitative estimate of drug-likeness (QED) is 0.798. The average molecular weight is 390 g/mol. The van der Waals surface area contributed by atoms with Gasteiger partial charge in [0.15, 0.2) is 0 Å². The van der Waals surface area contributed by atoms with Gasteiger partial charge in [-0.2, -0.15) is 5.10 Å². The Bertz CT molecular complexity index is 821. The first-order valence-corrected chi connectivity index (χ1v) is 9.75. The Balaban J connectivity index is 1.77. The minimum atomic E-state index is 0.0181. The van der Waals surface area contributed by atoms with Crippen LogP contribution in [0.3, 0.4) is 0 Å². The predicted molar refractivity (Wildman–Crippen MR) is 108 cm³/mol. The number of morpholine rings is 1. The summed E-state index contributed by atoms with van der Waals surface area (Å²) in [5.41, 5.74) is 3.83. The van der Waals surface area contributed by atoms with Crippen molar-refractivity contribution in [1.29, 1.82) is 0 Å². The molecule has 1 aliphatic heterocycles. The molecule has 1 amide bonds. The number of hydrogen-bond donors (Lipinski definition) is 0. The molecule has 0 saturated carbocycles. The Morgan fingerprint density at radius 2 is 1.93 bits per heavy atom. The third-order valence-electron chi connectivity index (χ3n) is 5.23. The van der Waals surface area contributed by atoms with Gasteiger partial charge in [-0.1, -0.05) is 32.4 Å². The van der Waals surface area contributed by atoms with Crippen molar-refractivity contribution in [2.45, 2.75) is 47.1 Å². The second-order valence-electron chi connectivity index (χ2n) is 8.28. The Hall–Kier alpha value is -1.85. The van der Waals surface area contributed by atoms with Crippen LogP contribution in [-0.4, -0.2) is 46.4 Å². The zero-order chi connectivity index (χ0) is 19.8. The van der Waals surface area contributed by atoms with E-state index in [9.17, 15) is 4.79 Å². The van der Waals surface area contributed by atoms with Crippen molar-refractivity contribution in [2.24, 2.45) is 5.41 Å². The first-order valence-electron chi connectivity index (χ1n) is 9.37. The van der Waals surface area contributed by atoms with E-state index in [0.29, 0.717) is 31.1 Å². The zero-order valence-electron chi connectivity index (χ0n) is 16.8. The fraction of sp³-hybridized carbons (Fsp3) is 0.524. The van der Waals surface area contributed by atoms with E-state index < -0.39 is 0 Å². The number of aromatic nitrogens is 2. The number of benzene rings is 1. The van der Waals surface area contributed by atoms with Crippen LogP contribution in [0.25, 0.3) is 5.69 Å². The SMILES string of the molecule is Cc1nn(-c2ccc(Cl)cc2)c(C)c1CC(=O)N1CCOC(C(C)(C)C)C1. The molecule has 1 aromatic heterocycles. The monoisotopic (exact) mass is 389 g/mol. The lowest BCUT2D eigenvalue weighted by Gasteiger charge is -2.39. The first kappa shape index (κ1) is 19.9. The number of aryl methyl sites for hydroxylation is 1. The first-order chi connectivity index (χ1) is 12.7. The van der Waals surface area contributed by atoms with Crippen molar-refractivity contribution in [3.05, 3.63) is 46.2 Å². The Morgan fingerprint density at radius 3 is 2.56 bits per heavy atom. The zero-order valence-corrected chi connectivity index (χ0v) is 17.5. The second-order valence-corrected chi connectivity index (χ2v) is 8.72. The van der Waals surface area contributed by atoms with Crippen LogP contribution in [0.4, 0.5) is 0 Å². The highest BCUT2D eigenvalue weighted by molar-refractivity contribution is 6.30. The number of halogens is 1. The van der Waals surface area contributed by atoms with Crippen LogP contribution in [0.15, 0.2) is 24.3 Å². The Morgan fingerprint density at radius 1 is 1.26 bits per heavy atom. The van der Waals surface area contributed by atoms with Crippen LogP contribution in [0.2, 0.25) is 5.02 Å². The van der Waals surface area contributed by atoms with Gasteiger partial charge in [-0.15, -0.1) is 0 Å². The van der Waals surface area contributed by atoms with Gasteiger partial charge in [0, 0.05) is 29.4 Å². The van der Waals surface area contributed by atoms with Crippen LogP contribution in [0, 0.1) is 19.3 Å². The van der Waals surface area contributed by atoms with E-state index >= 15 is 0 Å². The molecule has 0 N–H and O–H groups in total. The highest BCUT2D eigenvalue weighted by atomic mass is 35.5. The number of amides is 1. The minimum Gasteiger partial charge on any atom is -0.374 e. The maximum absolute atomic E-state index is 13.0. The molecule has 2 aromatic rings. The summed E-state index contributed by atoms with van der Waals surface area (Å²) in [5.74, 6) is 0.134. The lowest BCUT2D eigenvalue weighted by Crippen LogP contribution is -2.50. The molecule has 0 bridgehead atoms. The van der Waals surface area contributed by atoms with Gasteiger partial charge >= 0.3 is 0 Å². The number of carbonyl (C=O) groups excluding carboxylic acids is 1. The summed E-state index contributed by atoms with van der Waals surface area (Å²) in [5, 5.41) is 5.33. The van der Waals surface area contributed by atoms with Gasteiger partial charge in [0.1, 0.15) is 0 Å². The minimum absolute atomic E-state index is 0.0181. The fourth-order valence-corrected chi connectivity index (χ4v) is 3.55. The summed E-state index contributed by atoms with van der Waals surface area (Å²) in [6.07, 6.45) is 0.427. The summed E-state index contributed by atoms with van der Waals surface area (Å²) >= 11 is 5.98. The molecule has 1 aromatic carbocycles. The van der Waals surface area contributed by atoms with Gasteiger partial charge in [0.05, 0.1) is 30.5 Å². The molecule has 0 radical (unpaired) electrons. The summed E-state index contributed by atoms with van der Waals surface area (Å²) in [4.78, 5) is 14.9. The van der Waals surface area contributed by atoms with E-state index in [1.165, 1.54) is 0 Å². The Kier molecular flexibility index (Phi) is 5.63. The fourth-order valence-electron chi connectivity index (χ4n) is 3.43. The van der Waals surface area contributed by atoms with Gasteiger partial charge in [0.2, 0.25) is 5.91 Å². The molecular weight excluding hydrogens is 362 g/mol. The summed E-state index contributed by atoms with van der Waals surface area (Å²) in [6, 6.07) is 7.56. The van der Waals surface area contributed by atoms with E-state index in [4.69, 9.17) is 16.3 Å². The third-order valence-corrected chi connectivity index (χ3v) is 5.48. The standard InChI is InChI=1S/C21H28ClN3O2/c1-14-18(15(2)25(23-14)17-8-6-16(22)7-9-17)12-20(26)24-10-11-27-19(13-24)21(3,4)5/h6-9,19H,10-13H2,1-5H3. The molecule has 0 spiro atoms. The topological polar surface area (TPSA) is 47.4 Å². The summed E-state index contributed by atoms with van der Waals surface area (Å²) in [7, 11) is 0. The number of nitrogens with zero attached hydrogens (tertiary/aromatic N) is 3. The highest BCUT2D eigenvalue weighted by Gasteiger charge is 2.32. The molecule has 0 aliphatic carbocycles. The lowest BCUT2D eigenvalue weighted by atomic mass is 9.88. The van der Waals surface area contributed by atoms with Crippen molar-refractivity contribution >= 4 is 17.5 Å². The number of rotatable bonds is 3. The molecule has 3 rings (SSSR count). The molecule has 146 valence electrons. The third kappa shape index (κ3) is 4.36. The van der Waals surface area contributed by atoms with Crippen molar-refractivity contribution in [3.63, 3.8) is 0 Å². The van der Waals surface area contributed by atoms with Crippen LogP contribution >= 0.6 is 11.6 Å². The predicted octanol–water partition coefficient (Wildman–Crippen LogP) is 3.96. The van der Waals surface area contributed by atoms with Crippen molar-refractivity contribution < 1.29 is 9.53 Å². The molecule has 1 saturated heterocycles. The molecule has 5 nitrogen and oxygen atoms in total. The molecule has 6 heteroatoms. The smallest absolute Gasteiger partial charge is 0.227 e. The summed E-state index contributed by atoms with van der Waals surface area (Å²) in [6.45, 7) is 12.3. The normalized spacial score (nSPS) is 18.0. The van der Waals surface area contributed by atoms with E-state index in [2.05, 4.69) is 25.9 Å². The van der Waals surface area contributed by atoms with Gasteiger partial charge in [-0.25, -0.2) is 4.68 Å². The maximum Gasteiger partial charge on any atom is 0.227 e. The van der Waals surface area contributed by atoms with E-state index in [0.717, 1.165) is 22.6 Å². The van der Waals surface area contributed by atoms with E-state index in [-0.39, 0.29) is 17.4 Å². The largest absolute Gasteiger partial charge is 0.374 e. The molecule has 1 atom stereocenters. The van der Waals surface area contributed by atoms with E-state index in [1.807, 2.05) is 47.7 Å². The number of ether oxygens (including phenoxy) is 1. The molecule has 1 fully saturated rings. The van der Waals surface area contributed by atoms with Crippen LogP contribution in [-0.2, 0) is 16.0 Å². The van der Waals surface area contributed by atoms with Crippen LogP contribution < -0.4 is 0 Å². The molecular formula is C21H28ClN3O2. The van der Waals surface area contributed by atoms with E-state index in [1.54, 1.807) is 0 Å². The van der Waals surface area contributed by atoms with Gasteiger partial charge < -0.3 is 9.64 Å². The van der Waals surface area contributed by atoms with Gasteiger partial charge in [0.25, 0.3) is 0 Å². The Labute approximate surface area is 166 Å². The maximum atomic E-state index is 13.0. The second kappa shape index (κ2) is 7.64. The highest BCUT2D eigenvalue weighted by Crippen LogP contribution is 2.26. The molecule has 27 heavy (non-hydrogen) atoms. The number of carbonyl (C=O) groups is 1. The van der Waals surface area contributed by atoms with Crippen LogP contribution in [0.5, 0.6) is 0 Å². The average Bonchev–Trinajstić information content (AvgIpc) is 2.90. The van der Waals surface area contributed by atoms with Crippen molar-refractivity contribution in [1.82, 2.24) is 14.7 Å². The number of hydrogen-bond acceptors (Lipinski definition) is 3.